The van der Waals surface area contributed by atoms with E-state index in [1.54, 1.807) is 0 Å². The lowest BCUT2D eigenvalue weighted by molar-refractivity contribution is -0.120. The number of fused-ring (bicyclic) bond motifs is 1. The van der Waals surface area contributed by atoms with Crippen LogP contribution in [0.5, 0.6) is 0 Å². The maximum absolute atomic E-state index is 12.7. The van der Waals surface area contributed by atoms with Crippen molar-refractivity contribution >= 4 is 11.6 Å². The molecule has 1 aliphatic heterocycles. The highest BCUT2D eigenvalue weighted by molar-refractivity contribution is 6.02. The molecule has 26 heavy (non-hydrogen) atoms. The number of imidazole rings is 1. The van der Waals surface area contributed by atoms with Crippen molar-refractivity contribution in [1.29, 1.82) is 0 Å². The van der Waals surface area contributed by atoms with Gasteiger partial charge in [0.25, 0.3) is 0 Å². The Labute approximate surface area is 153 Å². The topological polar surface area (TPSA) is 49.0 Å². The number of amides is 1. The summed E-state index contributed by atoms with van der Waals surface area (Å²) in [4.78, 5) is 22.6. The molecule has 132 valence electrons. The lowest BCUT2D eigenvalue weighted by Gasteiger charge is -2.39. The summed E-state index contributed by atoms with van der Waals surface area (Å²) in [6.07, 6.45) is 2.40. The minimum absolute atomic E-state index is 0.170. The molecule has 1 amide bonds. The van der Waals surface area contributed by atoms with E-state index in [4.69, 9.17) is 0 Å². The molecule has 1 N–H and O–H groups in total. The van der Waals surface area contributed by atoms with Gasteiger partial charge in [-0.2, -0.15) is 0 Å². The highest BCUT2D eigenvalue weighted by Gasteiger charge is 2.37. The molecular weight excluding hydrogens is 322 g/mol. The normalized spacial score (nSPS) is 15.8. The van der Waals surface area contributed by atoms with E-state index in [1.165, 1.54) is 5.56 Å². The molecule has 2 heterocycles. The third-order valence-electron chi connectivity index (χ3n) is 5.16. The van der Waals surface area contributed by atoms with Gasteiger partial charge >= 0.3 is 0 Å². The Morgan fingerprint density at radius 2 is 1.88 bits per heavy atom. The average molecular weight is 345 g/mol. The maximum Gasteiger partial charge on any atom is 0.227 e. The first-order chi connectivity index (χ1) is 12.5. The summed E-state index contributed by atoms with van der Waals surface area (Å²) < 4.78 is 0. The van der Waals surface area contributed by atoms with E-state index < -0.39 is 0 Å². The summed E-state index contributed by atoms with van der Waals surface area (Å²) in [5, 5.41) is 0. The molecule has 0 saturated heterocycles. The number of aromatic amines is 1. The zero-order valence-electron chi connectivity index (χ0n) is 15.4. The Hall–Kier alpha value is -2.88. The number of aromatic nitrogens is 2. The lowest BCUT2D eigenvalue weighted by Crippen LogP contribution is -2.42. The predicted molar refractivity (Wildman–Crippen MR) is 105 cm³/mol. The van der Waals surface area contributed by atoms with Crippen molar-refractivity contribution in [3.8, 4) is 22.6 Å². The van der Waals surface area contributed by atoms with Crippen molar-refractivity contribution in [3.63, 3.8) is 0 Å². The molecule has 3 aromatic rings. The van der Waals surface area contributed by atoms with Crippen LogP contribution in [0.15, 0.2) is 54.7 Å². The molecule has 0 unspecified atom stereocenters. The Morgan fingerprint density at radius 1 is 1.12 bits per heavy atom. The number of para-hydroxylation sites is 1. The Bertz CT molecular complexity index is 957. The van der Waals surface area contributed by atoms with Crippen LogP contribution < -0.4 is 4.90 Å². The molecule has 2 aromatic carbocycles. The van der Waals surface area contributed by atoms with Crippen molar-refractivity contribution in [1.82, 2.24) is 9.97 Å². The molecular formula is C22H23N3O. The lowest BCUT2D eigenvalue weighted by atomic mass is 9.76. The first-order valence-corrected chi connectivity index (χ1v) is 9.06. The maximum atomic E-state index is 12.7. The second kappa shape index (κ2) is 6.13. The molecule has 1 aromatic heterocycles. The van der Waals surface area contributed by atoms with Gasteiger partial charge in [0.05, 0.1) is 17.6 Å². The fourth-order valence-electron chi connectivity index (χ4n) is 3.83. The molecule has 0 saturated carbocycles. The molecule has 4 rings (SSSR count). The quantitative estimate of drug-likeness (QED) is 0.743. The second-order valence-electron chi connectivity index (χ2n) is 7.41. The van der Waals surface area contributed by atoms with Gasteiger partial charge in [0.1, 0.15) is 5.82 Å². The number of hydrogen-bond donors (Lipinski definition) is 1. The summed E-state index contributed by atoms with van der Waals surface area (Å²) in [5.74, 6) is 1.02. The van der Waals surface area contributed by atoms with Gasteiger partial charge in [-0.25, -0.2) is 4.98 Å². The van der Waals surface area contributed by atoms with Crippen molar-refractivity contribution in [2.45, 2.75) is 32.6 Å². The molecule has 0 radical (unpaired) electrons. The highest BCUT2D eigenvalue weighted by Crippen LogP contribution is 2.45. The van der Waals surface area contributed by atoms with Crippen LogP contribution in [0.1, 0.15) is 32.8 Å². The second-order valence-corrected chi connectivity index (χ2v) is 7.41. The number of carbonyl (C=O) groups excluding carboxylic acids is 1. The van der Waals surface area contributed by atoms with Gasteiger partial charge < -0.3 is 9.88 Å². The number of hydrogen-bond acceptors (Lipinski definition) is 2. The third kappa shape index (κ3) is 2.62. The van der Waals surface area contributed by atoms with Crippen LogP contribution in [-0.2, 0) is 10.2 Å². The number of rotatable bonds is 3. The summed E-state index contributed by atoms with van der Waals surface area (Å²) in [6, 6.07) is 16.4. The fourth-order valence-corrected chi connectivity index (χ4v) is 3.83. The minimum Gasteiger partial charge on any atom is -0.338 e. The summed E-state index contributed by atoms with van der Waals surface area (Å²) in [5.41, 5.74) is 5.07. The monoisotopic (exact) mass is 345 g/mol. The number of anilines is 1. The van der Waals surface area contributed by atoms with Crippen LogP contribution in [0.2, 0.25) is 0 Å². The number of carbonyl (C=O) groups is 1. The van der Waals surface area contributed by atoms with Crippen LogP contribution in [0.25, 0.3) is 22.6 Å². The van der Waals surface area contributed by atoms with Gasteiger partial charge in [-0.3, -0.25) is 4.79 Å². The van der Waals surface area contributed by atoms with E-state index in [0.717, 1.165) is 28.3 Å². The van der Waals surface area contributed by atoms with E-state index in [-0.39, 0.29) is 11.3 Å². The van der Waals surface area contributed by atoms with Gasteiger partial charge in [0, 0.05) is 29.5 Å². The van der Waals surface area contributed by atoms with Crippen LogP contribution in [0.3, 0.4) is 0 Å². The number of benzene rings is 2. The zero-order valence-corrected chi connectivity index (χ0v) is 15.4. The van der Waals surface area contributed by atoms with E-state index >= 15 is 0 Å². The SMILES string of the molecule is CCN1C(=O)CC(C)(C)c2cccc(-c3cnc(-c4ccccc4)[nH]3)c21. The number of nitrogens with zero attached hydrogens (tertiary/aromatic N) is 2. The van der Waals surface area contributed by atoms with E-state index in [0.29, 0.717) is 13.0 Å². The zero-order chi connectivity index (χ0) is 18.3. The molecule has 1 aliphatic rings. The first-order valence-electron chi connectivity index (χ1n) is 9.06. The standard InChI is InChI=1S/C22H23N3O/c1-4-25-19(26)13-22(2,3)17-12-8-11-16(20(17)25)18-14-23-21(24-18)15-9-6-5-7-10-15/h5-12,14H,4,13H2,1-3H3,(H,23,24). The number of H-pyrrole nitrogens is 1. The van der Waals surface area contributed by atoms with E-state index in [9.17, 15) is 4.79 Å². The van der Waals surface area contributed by atoms with Crippen molar-refractivity contribution in [2.24, 2.45) is 0 Å². The van der Waals surface area contributed by atoms with Gasteiger partial charge in [-0.05, 0) is 12.5 Å². The van der Waals surface area contributed by atoms with Gasteiger partial charge in [0.2, 0.25) is 5.91 Å². The van der Waals surface area contributed by atoms with Crippen LogP contribution in [0.4, 0.5) is 5.69 Å². The average Bonchev–Trinajstić information content (AvgIpc) is 3.12. The van der Waals surface area contributed by atoms with Crippen molar-refractivity contribution < 1.29 is 4.79 Å². The van der Waals surface area contributed by atoms with Crippen LogP contribution in [-0.4, -0.2) is 22.4 Å². The third-order valence-corrected chi connectivity index (χ3v) is 5.16. The fraction of sp³-hybridized carbons (Fsp3) is 0.273. The smallest absolute Gasteiger partial charge is 0.227 e. The first kappa shape index (κ1) is 16.6. The highest BCUT2D eigenvalue weighted by atomic mass is 16.2. The van der Waals surface area contributed by atoms with Gasteiger partial charge in [0.15, 0.2) is 0 Å². The summed E-state index contributed by atoms with van der Waals surface area (Å²) in [6.45, 7) is 6.98. The Balaban J connectivity index is 1.87. The largest absolute Gasteiger partial charge is 0.338 e. The molecule has 0 fully saturated rings. The summed E-state index contributed by atoms with van der Waals surface area (Å²) >= 11 is 0. The summed E-state index contributed by atoms with van der Waals surface area (Å²) in [7, 11) is 0. The molecule has 0 atom stereocenters. The van der Waals surface area contributed by atoms with Gasteiger partial charge in [-0.15, -0.1) is 0 Å². The van der Waals surface area contributed by atoms with Gasteiger partial charge in [-0.1, -0.05) is 62.4 Å². The molecule has 0 aliphatic carbocycles. The predicted octanol–water partition coefficient (Wildman–Crippen LogP) is 4.78. The Morgan fingerprint density at radius 3 is 2.62 bits per heavy atom. The van der Waals surface area contributed by atoms with E-state index in [1.807, 2.05) is 48.4 Å². The Kier molecular flexibility index (Phi) is 3.91. The van der Waals surface area contributed by atoms with Crippen LogP contribution >= 0.6 is 0 Å². The molecule has 0 spiro atoms. The van der Waals surface area contributed by atoms with Crippen molar-refractivity contribution in [2.75, 3.05) is 11.4 Å². The van der Waals surface area contributed by atoms with E-state index in [2.05, 4.69) is 42.0 Å². The number of nitrogens with one attached hydrogen (secondary N) is 1. The van der Waals surface area contributed by atoms with Crippen molar-refractivity contribution in [3.05, 3.63) is 60.3 Å². The molecule has 4 heteroatoms. The minimum atomic E-state index is -0.170. The van der Waals surface area contributed by atoms with Crippen LogP contribution in [0, 0.1) is 0 Å². The molecule has 4 nitrogen and oxygen atoms in total. The molecule has 0 bridgehead atoms.